The third-order valence-electron chi connectivity index (χ3n) is 0.447. The van der Waals surface area contributed by atoms with Gasteiger partial charge in [-0.25, -0.2) is 0 Å². The van der Waals surface area contributed by atoms with Crippen LogP contribution in [0.1, 0.15) is 13.3 Å². The fraction of sp³-hybridized carbons (Fsp3) is 1.00. The molecule has 0 N–H and O–H groups in total. The maximum atomic E-state index is 2.20. The minimum Gasteiger partial charge on any atom is -0.543 e. The number of hydrogen-bond donors (Lipinski definition) is 0. The van der Waals surface area contributed by atoms with Crippen molar-refractivity contribution < 1.29 is 18.9 Å². The zero-order chi connectivity index (χ0) is 4.12. The van der Waals surface area contributed by atoms with Gasteiger partial charge < -0.3 is 8.58 Å². The van der Waals surface area contributed by atoms with Crippen LogP contribution < -0.4 is 18.9 Å². The smallest absolute Gasteiger partial charge is 0.543 e. The molecule has 0 heterocycles. The SMILES string of the molecule is CCC[P-]C.[Li+]. The molecule has 0 saturated heterocycles. The molecular formula is C4H10LiP. The van der Waals surface area contributed by atoms with Crippen molar-refractivity contribution in [3.63, 3.8) is 0 Å². The van der Waals surface area contributed by atoms with Gasteiger partial charge in [0.1, 0.15) is 0 Å². The minimum absolute atomic E-state index is 0. The van der Waals surface area contributed by atoms with Crippen LogP contribution in [0.2, 0.25) is 0 Å². The summed E-state index contributed by atoms with van der Waals surface area (Å²) in [4.78, 5) is 0. The van der Waals surface area contributed by atoms with Crippen LogP contribution in [0.5, 0.6) is 0 Å². The van der Waals surface area contributed by atoms with E-state index >= 15 is 0 Å². The molecule has 0 rings (SSSR count). The van der Waals surface area contributed by atoms with E-state index in [1.54, 1.807) is 0 Å². The van der Waals surface area contributed by atoms with Gasteiger partial charge >= 0.3 is 18.9 Å². The zero-order valence-corrected chi connectivity index (χ0v) is 5.76. The molecule has 0 radical (unpaired) electrons. The monoisotopic (exact) mass is 96.1 g/mol. The second kappa shape index (κ2) is 9.39. The quantitative estimate of drug-likeness (QED) is 0.305. The van der Waals surface area contributed by atoms with E-state index in [0.29, 0.717) is 0 Å². The van der Waals surface area contributed by atoms with E-state index in [1.807, 2.05) is 0 Å². The Bertz CT molecular complexity index is 15.0. The van der Waals surface area contributed by atoms with Crippen molar-refractivity contribution in [2.75, 3.05) is 12.8 Å². The van der Waals surface area contributed by atoms with Crippen LogP contribution in [0.3, 0.4) is 0 Å². The normalized spacial score (nSPS) is 9.00. The topological polar surface area (TPSA) is 0 Å². The average molecular weight is 96.0 g/mol. The molecule has 0 atom stereocenters. The second-order valence-corrected chi connectivity index (χ2v) is 2.12. The first-order valence-corrected chi connectivity index (χ1v) is 3.50. The summed E-state index contributed by atoms with van der Waals surface area (Å²) in [5.41, 5.74) is 0. The number of hydrogen-bond acceptors (Lipinski definition) is 0. The van der Waals surface area contributed by atoms with E-state index < -0.39 is 0 Å². The van der Waals surface area contributed by atoms with Gasteiger partial charge in [-0.2, -0.15) is 12.8 Å². The van der Waals surface area contributed by atoms with Crippen molar-refractivity contribution in [3.8, 4) is 0 Å². The van der Waals surface area contributed by atoms with Crippen LogP contribution in [0.4, 0.5) is 0 Å². The Hall–Kier alpha value is 1.03. The van der Waals surface area contributed by atoms with Crippen molar-refractivity contribution in [1.29, 1.82) is 0 Å². The maximum absolute atomic E-state index is 2.20. The molecule has 0 aromatic heterocycles. The first-order valence-electron chi connectivity index (χ1n) is 1.97. The predicted molar refractivity (Wildman–Crippen MR) is 28.0 cm³/mol. The summed E-state index contributed by atoms with van der Waals surface area (Å²) in [7, 11) is 1.53. The molecule has 32 valence electrons. The minimum atomic E-state index is 0. The van der Waals surface area contributed by atoms with E-state index in [9.17, 15) is 0 Å². The summed E-state index contributed by atoms with van der Waals surface area (Å²) in [6.45, 7) is 4.39. The maximum Gasteiger partial charge on any atom is 1.00 e. The molecule has 0 saturated carbocycles. The van der Waals surface area contributed by atoms with E-state index in [1.165, 1.54) is 21.2 Å². The van der Waals surface area contributed by atoms with Crippen LogP contribution in [-0.2, 0) is 0 Å². The van der Waals surface area contributed by atoms with Crippen molar-refractivity contribution in [1.82, 2.24) is 0 Å². The van der Waals surface area contributed by atoms with Crippen LogP contribution in [-0.4, -0.2) is 12.8 Å². The summed E-state index contributed by atoms with van der Waals surface area (Å²) in [6, 6.07) is 0. The van der Waals surface area contributed by atoms with Gasteiger partial charge in [0, 0.05) is 0 Å². The molecular weight excluding hydrogens is 86.0 g/mol. The van der Waals surface area contributed by atoms with Crippen molar-refractivity contribution >= 4 is 8.58 Å². The molecule has 0 aliphatic carbocycles. The Kier molecular flexibility index (Phi) is 15.8. The molecule has 0 amide bonds. The molecule has 0 aromatic rings. The Morgan fingerprint density at radius 1 is 1.50 bits per heavy atom. The first-order chi connectivity index (χ1) is 2.41. The largest absolute Gasteiger partial charge is 1.00 e. The van der Waals surface area contributed by atoms with E-state index in [-0.39, 0.29) is 18.9 Å². The van der Waals surface area contributed by atoms with Gasteiger partial charge in [0.2, 0.25) is 0 Å². The molecule has 0 spiro atoms. The van der Waals surface area contributed by atoms with Crippen molar-refractivity contribution in [2.45, 2.75) is 13.3 Å². The molecule has 0 unspecified atom stereocenters. The third kappa shape index (κ3) is 8.90. The zero-order valence-electron chi connectivity index (χ0n) is 4.86. The van der Waals surface area contributed by atoms with Crippen LogP contribution in [0.25, 0.3) is 0 Å². The Morgan fingerprint density at radius 2 is 2.00 bits per heavy atom. The van der Waals surface area contributed by atoms with Crippen LogP contribution in [0.15, 0.2) is 0 Å². The van der Waals surface area contributed by atoms with Gasteiger partial charge in [-0.3, -0.25) is 0 Å². The molecule has 2 heteroatoms. The third-order valence-corrected chi connectivity index (χ3v) is 1.34. The number of rotatable bonds is 2. The van der Waals surface area contributed by atoms with Gasteiger partial charge in [0.05, 0.1) is 0 Å². The molecule has 0 fully saturated rings. The molecule has 0 aliphatic rings. The predicted octanol–water partition coefficient (Wildman–Crippen LogP) is -1.02. The summed E-state index contributed by atoms with van der Waals surface area (Å²) >= 11 is 0. The molecule has 6 heavy (non-hydrogen) atoms. The Morgan fingerprint density at radius 3 is 2.00 bits per heavy atom. The van der Waals surface area contributed by atoms with E-state index in [2.05, 4.69) is 13.6 Å². The summed E-state index contributed by atoms with van der Waals surface area (Å²) in [6.07, 6.45) is 2.69. The standard InChI is InChI=1S/C4H10P.Li/c1-3-4-5-2;/h3-4H2,1-2H3;/q-1;+1. The Labute approximate surface area is 54.0 Å². The van der Waals surface area contributed by atoms with Gasteiger partial charge in [0.15, 0.2) is 0 Å². The summed E-state index contributed by atoms with van der Waals surface area (Å²) in [5, 5.41) is 0. The van der Waals surface area contributed by atoms with Crippen LogP contribution in [0, 0.1) is 0 Å². The van der Waals surface area contributed by atoms with Crippen molar-refractivity contribution in [3.05, 3.63) is 0 Å². The Balaban J connectivity index is 0. The van der Waals surface area contributed by atoms with Crippen LogP contribution >= 0.6 is 8.58 Å². The fourth-order valence-electron chi connectivity index (χ4n) is 0.224. The first kappa shape index (κ1) is 10.1. The second-order valence-electron chi connectivity index (χ2n) is 1.04. The van der Waals surface area contributed by atoms with Gasteiger partial charge in [-0.05, 0) is 0 Å². The van der Waals surface area contributed by atoms with Gasteiger partial charge in [-0.15, -0.1) is 0 Å². The fourth-order valence-corrected chi connectivity index (χ4v) is 0.671. The molecule has 0 nitrogen and oxygen atoms in total. The van der Waals surface area contributed by atoms with Gasteiger partial charge in [0.25, 0.3) is 0 Å². The van der Waals surface area contributed by atoms with Gasteiger partial charge in [-0.1, -0.05) is 13.3 Å². The summed E-state index contributed by atoms with van der Waals surface area (Å²) < 4.78 is 0. The molecule has 0 bridgehead atoms. The summed E-state index contributed by atoms with van der Waals surface area (Å²) in [5.74, 6) is 0. The molecule has 0 aromatic carbocycles. The average Bonchev–Trinajstić information content (AvgIpc) is 1.41. The van der Waals surface area contributed by atoms with Crippen molar-refractivity contribution in [2.24, 2.45) is 0 Å². The van der Waals surface area contributed by atoms with E-state index in [4.69, 9.17) is 0 Å². The molecule has 0 aliphatic heterocycles. The van der Waals surface area contributed by atoms with E-state index in [0.717, 1.165) is 0 Å².